The maximum absolute atomic E-state index is 17.1. The van der Waals surface area contributed by atoms with Gasteiger partial charge in [-0.3, -0.25) is 9.88 Å². The number of furan rings is 1. The van der Waals surface area contributed by atoms with E-state index in [1.165, 1.54) is 5.56 Å². The molecule has 43 heavy (non-hydrogen) atoms. The summed E-state index contributed by atoms with van der Waals surface area (Å²) in [6, 6.07) is 37.6. The van der Waals surface area contributed by atoms with Crippen LogP contribution in [0.15, 0.2) is 132 Å². The Kier molecular flexibility index (Phi) is 5.70. The highest BCUT2D eigenvalue weighted by molar-refractivity contribution is 6.12. The molecule has 0 spiro atoms. The molecule has 4 nitrogen and oxygen atoms in total. The van der Waals surface area contributed by atoms with E-state index in [9.17, 15) is 0 Å². The Hall–Kier alpha value is -5.29. The summed E-state index contributed by atoms with van der Waals surface area (Å²) in [6.45, 7) is 4.48. The van der Waals surface area contributed by atoms with Crippen LogP contribution in [0.25, 0.3) is 33.2 Å². The van der Waals surface area contributed by atoms with Gasteiger partial charge >= 0.3 is 0 Å². The quantitative estimate of drug-likeness (QED) is 0.214. The molecule has 208 valence electrons. The van der Waals surface area contributed by atoms with Crippen LogP contribution >= 0.6 is 0 Å². The summed E-state index contributed by atoms with van der Waals surface area (Å²) in [5, 5.41) is 1.91. The van der Waals surface area contributed by atoms with E-state index in [0.29, 0.717) is 16.7 Å². The maximum Gasteiger partial charge on any atom is 0.154 e. The van der Waals surface area contributed by atoms with Gasteiger partial charge < -0.3 is 4.42 Å². The Labute approximate surface area is 249 Å². The normalized spacial score (nSPS) is 14.4. The predicted molar refractivity (Wildman–Crippen MR) is 171 cm³/mol. The van der Waals surface area contributed by atoms with Crippen molar-refractivity contribution >= 4 is 39.1 Å². The van der Waals surface area contributed by atoms with Gasteiger partial charge in [-0.1, -0.05) is 80.6 Å². The molecular weight excluding hydrogens is 533 g/mol. The van der Waals surface area contributed by atoms with Gasteiger partial charge in [0.2, 0.25) is 0 Å². The monoisotopic (exact) mass is 561 g/mol. The lowest BCUT2D eigenvalue weighted by Gasteiger charge is -2.42. The Morgan fingerprint density at radius 1 is 0.744 bits per heavy atom. The zero-order valence-corrected chi connectivity index (χ0v) is 23.8. The third-order valence-electron chi connectivity index (χ3n) is 8.63. The topological polar surface area (TPSA) is 42.2 Å². The van der Waals surface area contributed by atoms with Gasteiger partial charge in [-0.05, 0) is 65.2 Å². The second-order valence-electron chi connectivity index (χ2n) is 11.5. The third kappa shape index (κ3) is 3.88. The van der Waals surface area contributed by atoms with Crippen LogP contribution in [0.5, 0.6) is 0 Å². The van der Waals surface area contributed by atoms with E-state index < -0.39 is 11.6 Å². The molecule has 1 unspecified atom stereocenters. The molecule has 0 amide bonds. The summed E-state index contributed by atoms with van der Waals surface area (Å²) in [5.41, 5.74) is 7.81. The second kappa shape index (κ2) is 9.63. The molecular formula is C38H28FN3O. The standard InChI is InChI=1S/C38H28FN3O/c1-38(2)28-15-4-5-17-30(28)42(33-19-8-10-21-41-33)31-23-27(37-34(35(31)38)26-14-3-6-18-32(26)43-37)36(39)25-13-11-12-24(22-25)29-16-7-9-20-40-29/h3-23,36H,1-2H3. The molecule has 4 heterocycles. The van der Waals surface area contributed by atoms with Gasteiger partial charge in [-0.15, -0.1) is 0 Å². The highest BCUT2D eigenvalue weighted by Gasteiger charge is 2.41. The first-order valence-corrected chi connectivity index (χ1v) is 14.5. The molecule has 1 atom stereocenters. The van der Waals surface area contributed by atoms with Crippen LogP contribution in [0.2, 0.25) is 0 Å². The molecule has 0 fully saturated rings. The van der Waals surface area contributed by atoms with E-state index in [0.717, 1.165) is 50.4 Å². The van der Waals surface area contributed by atoms with Gasteiger partial charge in [0.25, 0.3) is 0 Å². The summed E-state index contributed by atoms with van der Waals surface area (Å²) in [7, 11) is 0. The van der Waals surface area contributed by atoms with Crippen molar-refractivity contribution in [2.75, 3.05) is 4.90 Å². The van der Waals surface area contributed by atoms with E-state index in [4.69, 9.17) is 9.40 Å². The van der Waals surface area contributed by atoms with Gasteiger partial charge in [0.15, 0.2) is 6.17 Å². The van der Waals surface area contributed by atoms with E-state index >= 15 is 4.39 Å². The third-order valence-corrected chi connectivity index (χ3v) is 8.63. The molecule has 5 heteroatoms. The minimum Gasteiger partial charge on any atom is -0.456 e. The number of pyridine rings is 2. The zero-order chi connectivity index (χ0) is 29.1. The van der Waals surface area contributed by atoms with Crippen molar-refractivity contribution in [2.45, 2.75) is 25.4 Å². The summed E-state index contributed by atoms with van der Waals surface area (Å²) in [6.07, 6.45) is 2.11. The number of hydrogen-bond donors (Lipinski definition) is 0. The van der Waals surface area contributed by atoms with Crippen LogP contribution in [0, 0.1) is 0 Å². The Balaban J connectivity index is 1.44. The first kappa shape index (κ1) is 25.4. The van der Waals surface area contributed by atoms with Gasteiger partial charge in [-0.2, -0.15) is 0 Å². The fourth-order valence-electron chi connectivity index (χ4n) is 6.67. The highest BCUT2D eigenvalue weighted by Crippen LogP contribution is 2.56. The number of para-hydroxylation sites is 2. The molecule has 0 N–H and O–H groups in total. The molecule has 3 aromatic heterocycles. The van der Waals surface area contributed by atoms with Gasteiger partial charge in [0, 0.05) is 39.7 Å². The SMILES string of the molecule is CC1(C)c2ccccc2N(c2ccccn2)c2cc(C(F)c3cccc(-c4ccccn4)c3)c3oc4ccccc4c3c21. The summed E-state index contributed by atoms with van der Waals surface area (Å²) in [4.78, 5) is 11.4. The van der Waals surface area contributed by atoms with Crippen molar-refractivity contribution in [1.29, 1.82) is 0 Å². The minimum atomic E-state index is -1.44. The number of rotatable bonds is 4. The molecule has 1 aliphatic heterocycles. The Morgan fingerprint density at radius 3 is 2.33 bits per heavy atom. The smallest absolute Gasteiger partial charge is 0.154 e. The minimum absolute atomic E-state index is 0.397. The Morgan fingerprint density at radius 2 is 1.51 bits per heavy atom. The molecule has 0 saturated heterocycles. The number of benzene rings is 4. The first-order chi connectivity index (χ1) is 21.0. The van der Waals surface area contributed by atoms with E-state index in [1.54, 1.807) is 12.4 Å². The van der Waals surface area contributed by atoms with Crippen molar-refractivity contribution in [3.05, 3.63) is 150 Å². The summed E-state index contributed by atoms with van der Waals surface area (Å²) < 4.78 is 23.6. The number of hydrogen-bond acceptors (Lipinski definition) is 4. The Bertz CT molecular complexity index is 2140. The number of aromatic nitrogens is 2. The van der Waals surface area contributed by atoms with E-state index in [1.807, 2.05) is 91.0 Å². The largest absolute Gasteiger partial charge is 0.456 e. The van der Waals surface area contributed by atoms with Crippen LogP contribution < -0.4 is 4.90 Å². The van der Waals surface area contributed by atoms with Crippen LogP contribution in [0.3, 0.4) is 0 Å². The van der Waals surface area contributed by atoms with Crippen LogP contribution in [0.1, 0.15) is 42.3 Å². The lowest BCUT2D eigenvalue weighted by Crippen LogP contribution is -2.31. The number of fused-ring (bicyclic) bond motifs is 6. The van der Waals surface area contributed by atoms with Crippen LogP contribution in [-0.4, -0.2) is 9.97 Å². The molecule has 0 radical (unpaired) electrons. The second-order valence-corrected chi connectivity index (χ2v) is 11.5. The fraction of sp³-hybridized carbons (Fsp3) is 0.105. The molecule has 4 aromatic carbocycles. The molecule has 0 saturated carbocycles. The van der Waals surface area contributed by atoms with Crippen molar-refractivity contribution in [3.8, 4) is 11.3 Å². The fourth-order valence-corrected chi connectivity index (χ4v) is 6.67. The lowest BCUT2D eigenvalue weighted by atomic mass is 9.71. The van der Waals surface area contributed by atoms with Crippen molar-refractivity contribution in [1.82, 2.24) is 9.97 Å². The molecule has 0 bridgehead atoms. The highest BCUT2D eigenvalue weighted by atomic mass is 19.1. The summed E-state index contributed by atoms with van der Waals surface area (Å²) >= 11 is 0. The van der Waals surface area contributed by atoms with Crippen molar-refractivity contribution in [3.63, 3.8) is 0 Å². The zero-order valence-electron chi connectivity index (χ0n) is 23.8. The number of alkyl halides is 1. The molecule has 0 aliphatic carbocycles. The number of anilines is 3. The average Bonchev–Trinajstić information content (AvgIpc) is 3.44. The molecule has 1 aliphatic rings. The van der Waals surface area contributed by atoms with Gasteiger partial charge in [-0.25, -0.2) is 9.37 Å². The molecule has 8 rings (SSSR count). The maximum atomic E-state index is 17.1. The van der Waals surface area contributed by atoms with Gasteiger partial charge in [0.05, 0.1) is 17.1 Å². The lowest BCUT2D eigenvalue weighted by molar-refractivity contribution is 0.401. The van der Waals surface area contributed by atoms with Crippen molar-refractivity contribution in [2.24, 2.45) is 0 Å². The number of halogens is 1. The van der Waals surface area contributed by atoms with E-state index in [-0.39, 0.29) is 0 Å². The van der Waals surface area contributed by atoms with Gasteiger partial charge in [0.1, 0.15) is 17.0 Å². The van der Waals surface area contributed by atoms with E-state index in [2.05, 4.69) is 48.0 Å². The predicted octanol–water partition coefficient (Wildman–Crippen LogP) is 10.2. The average molecular weight is 562 g/mol. The molecule has 7 aromatic rings. The number of nitrogens with zero attached hydrogens (tertiary/aromatic N) is 3. The first-order valence-electron chi connectivity index (χ1n) is 14.5. The van der Waals surface area contributed by atoms with Crippen LogP contribution in [-0.2, 0) is 5.41 Å². The van der Waals surface area contributed by atoms with Crippen molar-refractivity contribution < 1.29 is 8.81 Å². The summed E-state index contributed by atoms with van der Waals surface area (Å²) in [5.74, 6) is 0.775. The van der Waals surface area contributed by atoms with Crippen LogP contribution in [0.4, 0.5) is 21.6 Å².